The molecule has 0 saturated carbocycles. The summed E-state index contributed by atoms with van der Waals surface area (Å²) in [4.78, 5) is 0. The Balaban J connectivity index is 3.28. The molecule has 0 aliphatic rings. The van der Waals surface area contributed by atoms with Gasteiger partial charge in [0.05, 0.1) is 25.9 Å². The molecule has 0 bridgehead atoms. The van der Waals surface area contributed by atoms with E-state index < -0.39 is 0 Å². The molecule has 0 amide bonds. The summed E-state index contributed by atoms with van der Waals surface area (Å²) in [6.07, 6.45) is 12.0. The number of halogens is 2. The van der Waals surface area contributed by atoms with Gasteiger partial charge in [0, 0.05) is 11.8 Å². The lowest BCUT2D eigenvalue weighted by atomic mass is 10.1. The molecule has 0 heterocycles. The molecule has 122 valence electrons. The molecule has 0 fully saturated rings. The van der Waals surface area contributed by atoms with Crippen molar-refractivity contribution in [1.29, 1.82) is 0 Å². The van der Waals surface area contributed by atoms with E-state index in [0.29, 0.717) is 31.6 Å². The third kappa shape index (κ3) is 14.9. The van der Waals surface area contributed by atoms with Gasteiger partial charge >= 0.3 is 0 Å². The molecule has 0 saturated heterocycles. The van der Waals surface area contributed by atoms with Gasteiger partial charge in [-0.2, -0.15) is 0 Å². The van der Waals surface area contributed by atoms with Crippen molar-refractivity contribution in [1.82, 2.24) is 0 Å². The van der Waals surface area contributed by atoms with Crippen LogP contribution in [0.3, 0.4) is 0 Å². The molecule has 20 heavy (non-hydrogen) atoms. The number of hydrogen-bond acceptors (Lipinski definition) is 2. The zero-order chi connectivity index (χ0) is 14.9. The van der Waals surface area contributed by atoms with Crippen molar-refractivity contribution in [2.24, 2.45) is 0 Å². The summed E-state index contributed by atoms with van der Waals surface area (Å²) in [5.41, 5.74) is 0. The van der Waals surface area contributed by atoms with Crippen LogP contribution in [0.5, 0.6) is 0 Å². The molecule has 0 aromatic heterocycles. The monoisotopic (exact) mass is 326 g/mol. The molecule has 0 aliphatic carbocycles. The summed E-state index contributed by atoms with van der Waals surface area (Å²) >= 11 is 11.4. The maximum atomic E-state index is 5.92. The van der Waals surface area contributed by atoms with E-state index in [1.165, 1.54) is 51.4 Å². The van der Waals surface area contributed by atoms with Crippen LogP contribution in [-0.2, 0) is 9.47 Å². The predicted octanol–water partition coefficient (Wildman–Crippen LogP) is 5.40. The molecule has 0 aromatic carbocycles. The summed E-state index contributed by atoms with van der Waals surface area (Å²) in [6, 6.07) is 0. The van der Waals surface area contributed by atoms with E-state index in [9.17, 15) is 0 Å². The van der Waals surface area contributed by atoms with Crippen molar-refractivity contribution in [2.75, 3.05) is 31.6 Å². The molecule has 0 rings (SSSR count). The summed E-state index contributed by atoms with van der Waals surface area (Å²) < 4.78 is 11.0. The van der Waals surface area contributed by atoms with Gasteiger partial charge in [0.25, 0.3) is 0 Å². The summed E-state index contributed by atoms with van der Waals surface area (Å²) in [5.74, 6) is 1.11. The van der Waals surface area contributed by atoms with Crippen LogP contribution in [0.15, 0.2) is 0 Å². The van der Waals surface area contributed by atoms with Crippen LogP contribution in [0, 0.1) is 0 Å². The first-order valence-electron chi connectivity index (χ1n) is 8.16. The molecule has 1 atom stereocenters. The van der Waals surface area contributed by atoms with Gasteiger partial charge in [-0.05, 0) is 6.42 Å². The Morgan fingerprint density at radius 2 is 1.45 bits per heavy atom. The predicted molar refractivity (Wildman–Crippen MR) is 89.2 cm³/mol. The maximum absolute atomic E-state index is 5.92. The highest BCUT2D eigenvalue weighted by Crippen LogP contribution is 2.12. The van der Waals surface area contributed by atoms with E-state index in [1.807, 2.05) is 0 Å². The van der Waals surface area contributed by atoms with Crippen LogP contribution in [0.25, 0.3) is 0 Å². The number of alkyl halides is 2. The Bertz CT molecular complexity index is 180. The molecule has 2 nitrogen and oxygen atoms in total. The van der Waals surface area contributed by atoms with Crippen LogP contribution in [0.4, 0.5) is 0 Å². The Morgan fingerprint density at radius 3 is 2.05 bits per heavy atom. The summed E-state index contributed by atoms with van der Waals surface area (Å²) in [5, 5.41) is 0. The molecular formula is C16H32Cl2O2. The van der Waals surface area contributed by atoms with E-state index in [0.717, 1.165) is 6.42 Å². The van der Waals surface area contributed by atoms with Gasteiger partial charge in [0.15, 0.2) is 0 Å². The molecule has 0 aromatic rings. The van der Waals surface area contributed by atoms with E-state index in [1.54, 1.807) is 0 Å². The first-order chi connectivity index (χ1) is 9.85. The number of unbranched alkanes of at least 4 members (excludes halogenated alkanes) is 7. The minimum Gasteiger partial charge on any atom is -0.378 e. The van der Waals surface area contributed by atoms with Gasteiger partial charge in [0.1, 0.15) is 0 Å². The number of ether oxygens (including phenoxy) is 2. The second-order valence-electron chi connectivity index (χ2n) is 5.21. The Labute approximate surface area is 135 Å². The summed E-state index contributed by atoms with van der Waals surface area (Å²) in [7, 11) is 0. The van der Waals surface area contributed by atoms with Gasteiger partial charge in [-0.25, -0.2) is 0 Å². The second kappa shape index (κ2) is 17.6. The van der Waals surface area contributed by atoms with Crippen molar-refractivity contribution in [2.45, 2.75) is 70.8 Å². The van der Waals surface area contributed by atoms with Gasteiger partial charge in [-0.1, -0.05) is 58.3 Å². The minimum atomic E-state index is 0.177. The fourth-order valence-corrected chi connectivity index (χ4v) is 2.49. The highest BCUT2D eigenvalue weighted by atomic mass is 35.5. The Morgan fingerprint density at radius 1 is 0.800 bits per heavy atom. The first kappa shape index (κ1) is 20.5. The quantitative estimate of drug-likeness (QED) is 0.279. The Hall–Kier alpha value is 0.500. The summed E-state index contributed by atoms with van der Waals surface area (Å²) in [6.45, 7) is 4.07. The molecule has 0 aliphatic heterocycles. The maximum Gasteiger partial charge on any atom is 0.0711 e. The normalized spacial score (nSPS) is 12.8. The van der Waals surface area contributed by atoms with Crippen LogP contribution in [0.1, 0.15) is 64.7 Å². The fraction of sp³-hybridized carbons (Fsp3) is 1.00. The largest absolute Gasteiger partial charge is 0.378 e. The van der Waals surface area contributed by atoms with E-state index >= 15 is 0 Å². The topological polar surface area (TPSA) is 18.5 Å². The van der Waals surface area contributed by atoms with Gasteiger partial charge in [-0.15, -0.1) is 23.2 Å². The third-order valence-corrected chi connectivity index (χ3v) is 3.85. The van der Waals surface area contributed by atoms with Crippen molar-refractivity contribution >= 4 is 23.2 Å². The highest BCUT2D eigenvalue weighted by Gasteiger charge is 2.07. The molecule has 4 heteroatoms. The zero-order valence-corrected chi connectivity index (χ0v) is 14.6. The van der Waals surface area contributed by atoms with Crippen LogP contribution in [-0.4, -0.2) is 37.7 Å². The van der Waals surface area contributed by atoms with E-state index in [2.05, 4.69) is 6.92 Å². The molecule has 0 spiro atoms. The van der Waals surface area contributed by atoms with Crippen molar-refractivity contribution < 1.29 is 9.47 Å². The molecule has 0 unspecified atom stereocenters. The highest BCUT2D eigenvalue weighted by molar-refractivity contribution is 6.18. The van der Waals surface area contributed by atoms with Crippen molar-refractivity contribution in [3.8, 4) is 0 Å². The smallest absolute Gasteiger partial charge is 0.0711 e. The molecule has 0 radical (unpaired) electrons. The average molecular weight is 327 g/mol. The zero-order valence-electron chi connectivity index (χ0n) is 13.0. The lowest BCUT2D eigenvalue weighted by Crippen LogP contribution is -2.18. The lowest BCUT2D eigenvalue weighted by Gasteiger charge is -2.15. The van der Waals surface area contributed by atoms with Crippen molar-refractivity contribution in [3.63, 3.8) is 0 Å². The minimum absolute atomic E-state index is 0.177. The number of hydrogen-bond donors (Lipinski definition) is 0. The first-order valence-corrected chi connectivity index (χ1v) is 9.23. The third-order valence-electron chi connectivity index (χ3n) is 3.35. The SMILES string of the molecule is CCCCCCCCCC[C@@H](CCl)OCCOCCCl. The lowest BCUT2D eigenvalue weighted by molar-refractivity contribution is 0.0131. The van der Waals surface area contributed by atoms with Crippen LogP contribution >= 0.6 is 23.2 Å². The van der Waals surface area contributed by atoms with Gasteiger partial charge in [0.2, 0.25) is 0 Å². The van der Waals surface area contributed by atoms with Crippen LogP contribution in [0.2, 0.25) is 0 Å². The average Bonchev–Trinajstić information content (AvgIpc) is 2.47. The molecule has 0 N–H and O–H groups in total. The van der Waals surface area contributed by atoms with E-state index in [-0.39, 0.29) is 6.10 Å². The molecular weight excluding hydrogens is 295 g/mol. The Kier molecular flexibility index (Phi) is 18.0. The van der Waals surface area contributed by atoms with Crippen molar-refractivity contribution in [3.05, 3.63) is 0 Å². The second-order valence-corrected chi connectivity index (χ2v) is 5.90. The van der Waals surface area contributed by atoms with E-state index in [4.69, 9.17) is 32.7 Å². The fourth-order valence-electron chi connectivity index (χ4n) is 2.14. The number of rotatable bonds is 16. The standard InChI is InChI=1S/C16H32Cl2O2/c1-2-3-4-5-6-7-8-9-10-16(15-18)20-14-13-19-12-11-17/h16H,2-15H2,1H3/t16-/m0/s1. The van der Waals surface area contributed by atoms with Crippen LogP contribution < -0.4 is 0 Å². The van der Waals surface area contributed by atoms with Gasteiger partial charge < -0.3 is 9.47 Å². The van der Waals surface area contributed by atoms with Gasteiger partial charge in [-0.3, -0.25) is 0 Å².